The summed E-state index contributed by atoms with van der Waals surface area (Å²) in [7, 11) is 0. The van der Waals surface area contributed by atoms with Crippen molar-refractivity contribution in [3.63, 3.8) is 0 Å². The minimum absolute atomic E-state index is 0. The summed E-state index contributed by atoms with van der Waals surface area (Å²) < 4.78 is 70.0. The Morgan fingerprint density at radius 2 is 1.66 bits per heavy atom. The van der Waals surface area contributed by atoms with Crippen molar-refractivity contribution >= 4 is 23.2 Å². The van der Waals surface area contributed by atoms with Crippen LogP contribution in [0.4, 0.5) is 27.6 Å². The lowest BCUT2D eigenvalue weighted by Crippen LogP contribution is -2.11. The molecule has 11 heteroatoms. The maximum atomic E-state index is 13.4. The van der Waals surface area contributed by atoms with Crippen LogP contribution in [0.3, 0.4) is 0 Å². The monoisotopic (exact) mass is 509 g/mol. The SMILES string of the molecule is O=C(Nc1ccc(OC(F)F)cc1)c1ccc(-c2cc(C(F)(F)F)nn2-c2ccccc2Cl)cc1.[HH]. The van der Waals surface area contributed by atoms with Gasteiger partial charge in [0.25, 0.3) is 5.91 Å². The van der Waals surface area contributed by atoms with Crippen LogP contribution in [-0.2, 0) is 6.18 Å². The van der Waals surface area contributed by atoms with E-state index in [-0.39, 0.29) is 29.1 Å². The number of carbonyl (C=O) groups excluding carboxylic acids is 1. The number of nitrogens with zero attached hydrogens (tertiary/aromatic N) is 2. The van der Waals surface area contributed by atoms with E-state index in [0.717, 1.165) is 10.7 Å². The zero-order valence-corrected chi connectivity index (χ0v) is 18.3. The van der Waals surface area contributed by atoms with Gasteiger partial charge in [-0.15, -0.1) is 0 Å². The van der Waals surface area contributed by atoms with E-state index in [4.69, 9.17) is 11.6 Å². The third kappa shape index (κ3) is 5.60. The number of para-hydroxylation sites is 1. The average Bonchev–Trinajstić information content (AvgIpc) is 3.26. The normalized spacial score (nSPS) is 11.5. The molecule has 1 amide bonds. The van der Waals surface area contributed by atoms with E-state index in [9.17, 15) is 26.7 Å². The van der Waals surface area contributed by atoms with E-state index < -0.39 is 24.4 Å². The van der Waals surface area contributed by atoms with Gasteiger partial charge >= 0.3 is 12.8 Å². The van der Waals surface area contributed by atoms with E-state index in [1.54, 1.807) is 18.2 Å². The maximum absolute atomic E-state index is 13.4. The van der Waals surface area contributed by atoms with Crippen LogP contribution < -0.4 is 10.1 Å². The number of nitrogens with one attached hydrogen (secondary N) is 1. The summed E-state index contributed by atoms with van der Waals surface area (Å²) in [6.45, 7) is -2.96. The Balaban J connectivity index is 0.00000361. The molecule has 0 aliphatic carbocycles. The number of hydrogen-bond acceptors (Lipinski definition) is 3. The summed E-state index contributed by atoms with van der Waals surface area (Å²) in [5, 5.41) is 6.51. The van der Waals surface area contributed by atoms with Crippen molar-refractivity contribution < 1.29 is 32.9 Å². The molecule has 5 nitrogen and oxygen atoms in total. The number of carbonyl (C=O) groups is 1. The maximum Gasteiger partial charge on any atom is 0.435 e. The highest BCUT2D eigenvalue weighted by atomic mass is 35.5. The molecule has 35 heavy (non-hydrogen) atoms. The number of ether oxygens (including phenoxy) is 1. The van der Waals surface area contributed by atoms with E-state index in [2.05, 4.69) is 15.2 Å². The lowest BCUT2D eigenvalue weighted by molar-refractivity contribution is -0.141. The Morgan fingerprint density at radius 1 is 1.00 bits per heavy atom. The summed E-state index contributed by atoms with van der Waals surface area (Å²) in [4.78, 5) is 12.5. The fourth-order valence-electron chi connectivity index (χ4n) is 3.25. The van der Waals surface area contributed by atoms with Gasteiger partial charge in [-0.25, -0.2) is 4.68 Å². The molecule has 0 atom stereocenters. The Labute approximate surface area is 202 Å². The minimum Gasteiger partial charge on any atom is -0.435 e. The van der Waals surface area contributed by atoms with E-state index in [1.165, 1.54) is 54.6 Å². The number of benzene rings is 3. The molecule has 0 bridgehead atoms. The molecule has 0 unspecified atom stereocenters. The molecule has 0 fully saturated rings. The molecular weight excluding hydrogens is 493 g/mol. The van der Waals surface area contributed by atoms with Crippen molar-refractivity contribution in [2.24, 2.45) is 0 Å². The van der Waals surface area contributed by atoms with Gasteiger partial charge in [0.05, 0.1) is 16.4 Å². The van der Waals surface area contributed by atoms with Gasteiger partial charge in [-0.2, -0.15) is 27.1 Å². The van der Waals surface area contributed by atoms with Crippen LogP contribution in [0.1, 0.15) is 17.5 Å². The molecule has 182 valence electrons. The molecule has 0 saturated heterocycles. The Morgan fingerprint density at radius 3 is 2.26 bits per heavy atom. The summed E-state index contributed by atoms with van der Waals surface area (Å²) in [6.07, 6.45) is -4.67. The van der Waals surface area contributed by atoms with Crippen molar-refractivity contribution in [3.05, 3.63) is 95.1 Å². The van der Waals surface area contributed by atoms with Crippen LogP contribution in [0, 0.1) is 0 Å². The predicted octanol–water partition coefficient (Wildman–Crippen LogP) is 7.31. The fourth-order valence-corrected chi connectivity index (χ4v) is 3.46. The Bertz CT molecular complexity index is 1340. The first kappa shape index (κ1) is 24.2. The molecule has 4 rings (SSSR count). The van der Waals surface area contributed by atoms with Gasteiger partial charge in [0.1, 0.15) is 5.75 Å². The molecular formula is C24H17ClF5N3O2. The highest BCUT2D eigenvalue weighted by Gasteiger charge is 2.35. The molecule has 4 aromatic rings. The number of amides is 1. The second kappa shape index (κ2) is 9.75. The molecule has 0 radical (unpaired) electrons. The van der Waals surface area contributed by atoms with Gasteiger partial charge < -0.3 is 10.1 Å². The first-order valence-corrected chi connectivity index (χ1v) is 10.4. The van der Waals surface area contributed by atoms with E-state index >= 15 is 0 Å². The van der Waals surface area contributed by atoms with Gasteiger partial charge in [0.2, 0.25) is 0 Å². The first-order valence-electron chi connectivity index (χ1n) is 10.0. The summed E-state index contributed by atoms with van der Waals surface area (Å²) in [5.41, 5.74) is 0.244. The van der Waals surface area contributed by atoms with E-state index in [1.807, 2.05) is 0 Å². The van der Waals surface area contributed by atoms with Crippen LogP contribution >= 0.6 is 11.6 Å². The largest absolute Gasteiger partial charge is 0.435 e. The summed E-state index contributed by atoms with van der Waals surface area (Å²) >= 11 is 6.18. The minimum atomic E-state index is -4.67. The highest BCUT2D eigenvalue weighted by molar-refractivity contribution is 6.32. The van der Waals surface area contributed by atoms with Crippen molar-refractivity contribution in [1.29, 1.82) is 0 Å². The second-order valence-corrected chi connectivity index (χ2v) is 7.62. The van der Waals surface area contributed by atoms with Gasteiger partial charge in [-0.3, -0.25) is 4.79 Å². The van der Waals surface area contributed by atoms with Gasteiger partial charge in [-0.1, -0.05) is 35.9 Å². The third-order valence-electron chi connectivity index (χ3n) is 4.86. The van der Waals surface area contributed by atoms with Gasteiger partial charge in [0.15, 0.2) is 5.69 Å². The Kier molecular flexibility index (Phi) is 6.74. The molecule has 1 N–H and O–H groups in total. The quantitative estimate of drug-likeness (QED) is 0.277. The van der Waals surface area contributed by atoms with Gasteiger partial charge in [0, 0.05) is 18.2 Å². The third-order valence-corrected chi connectivity index (χ3v) is 5.18. The molecule has 3 aromatic carbocycles. The van der Waals surface area contributed by atoms with Crippen molar-refractivity contribution in [2.75, 3.05) is 5.32 Å². The van der Waals surface area contributed by atoms with Crippen LogP contribution in [0.5, 0.6) is 5.75 Å². The smallest absolute Gasteiger partial charge is 0.435 e. The number of rotatable bonds is 6. The number of aromatic nitrogens is 2. The van der Waals surface area contributed by atoms with Crippen LogP contribution in [0.25, 0.3) is 16.9 Å². The highest BCUT2D eigenvalue weighted by Crippen LogP contribution is 2.34. The Hall–Kier alpha value is -3.92. The summed E-state index contributed by atoms with van der Waals surface area (Å²) in [5.74, 6) is -0.564. The molecule has 1 heterocycles. The molecule has 0 aliphatic heterocycles. The number of anilines is 1. The van der Waals surface area contributed by atoms with Crippen molar-refractivity contribution in [2.45, 2.75) is 12.8 Å². The van der Waals surface area contributed by atoms with Crippen LogP contribution in [0.15, 0.2) is 78.9 Å². The topological polar surface area (TPSA) is 56.1 Å². The van der Waals surface area contributed by atoms with Crippen LogP contribution in [-0.4, -0.2) is 22.3 Å². The average molecular weight is 510 g/mol. The zero-order chi connectivity index (χ0) is 25.2. The molecule has 0 saturated carbocycles. The lowest BCUT2D eigenvalue weighted by Gasteiger charge is -2.10. The van der Waals surface area contributed by atoms with Crippen molar-refractivity contribution in [1.82, 2.24) is 9.78 Å². The lowest BCUT2D eigenvalue weighted by atomic mass is 10.1. The van der Waals surface area contributed by atoms with E-state index in [0.29, 0.717) is 11.3 Å². The number of hydrogen-bond donors (Lipinski definition) is 1. The standard InChI is InChI=1S/C24H15ClF5N3O2.H2/c25-18-3-1-2-4-19(18)33-20(13-21(32-33)24(28,29)30)14-5-7-15(8-6-14)22(34)31-16-9-11-17(12-10-16)35-23(26)27;/h1-13,23H,(H,31,34);1H. The molecule has 0 aliphatic rings. The number of halogens is 6. The number of alkyl halides is 5. The molecule has 1 aromatic heterocycles. The van der Waals surface area contributed by atoms with Gasteiger partial charge in [-0.05, 0) is 54.6 Å². The van der Waals surface area contributed by atoms with Crippen LogP contribution in [0.2, 0.25) is 5.02 Å². The molecule has 0 spiro atoms. The zero-order valence-electron chi connectivity index (χ0n) is 17.6. The summed E-state index contributed by atoms with van der Waals surface area (Å²) in [6, 6.07) is 18.4. The first-order chi connectivity index (χ1) is 16.6. The predicted molar refractivity (Wildman–Crippen MR) is 122 cm³/mol. The van der Waals surface area contributed by atoms with Crippen molar-refractivity contribution in [3.8, 4) is 22.7 Å². The second-order valence-electron chi connectivity index (χ2n) is 7.21. The fraction of sp³-hybridized carbons (Fsp3) is 0.0833.